The average molecular weight is 252 g/mol. The van der Waals surface area contributed by atoms with Gasteiger partial charge in [-0.1, -0.05) is 12.8 Å². The van der Waals surface area contributed by atoms with Crippen LogP contribution in [-0.2, 0) is 9.59 Å². The van der Waals surface area contributed by atoms with Gasteiger partial charge in [-0.2, -0.15) is 0 Å². The molecule has 2 aliphatic rings. The van der Waals surface area contributed by atoms with Crippen LogP contribution in [0, 0.1) is 5.92 Å². The van der Waals surface area contributed by atoms with Crippen molar-refractivity contribution in [3.8, 4) is 0 Å². The summed E-state index contributed by atoms with van der Waals surface area (Å²) < 4.78 is 0. The monoisotopic (exact) mass is 252 g/mol. The number of carbonyl (C=O) groups is 2. The highest BCUT2D eigenvalue weighted by Crippen LogP contribution is 2.24. The van der Waals surface area contributed by atoms with Gasteiger partial charge in [0.25, 0.3) is 0 Å². The van der Waals surface area contributed by atoms with Crippen LogP contribution in [0.15, 0.2) is 0 Å². The number of hydrogen-bond acceptors (Lipinski definition) is 3. The van der Waals surface area contributed by atoms with Crippen molar-refractivity contribution < 1.29 is 9.59 Å². The molecular weight excluding hydrogens is 228 g/mol. The Morgan fingerprint density at radius 2 is 1.89 bits per heavy atom. The molecule has 1 saturated carbocycles. The Balaban J connectivity index is 1.88. The molecule has 0 aromatic heterocycles. The summed E-state index contributed by atoms with van der Waals surface area (Å²) in [5, 5.41) is 2.72. The lowest BCUT2D eigenvalue weighted by Crippen LogP contribution is -2.47. The number of nitrogens with zero attached hydrogens (tertiary/aromatic N) is 1. The van der Waals surface area contributed by atoms with E-state index in [2.05, 4.69) is 10.2 Å². The van der Waals surface area contributed by atoms with Crippen molar-refractivity contribution >= 4 is 11.7 Å². The topological polar surface area (TPSA) is 49.4 Å². The molecule has 1 aliphatic heterocycles. The molecule has 1 N–H and O–H groups in total. The minimum Gasteiger partial charge on any atom is -0.359 e. The second kappa shape index (κ2) is 6.32. The van der Waals surface area contributed by atoms with E-state index >= 15 is 0 Å². The van der Waals surface area contributed by atoms with Crippen LogP contribution in [0.4, 0.5) is 0 Å². The second-order valence-corrected chi connectivity index (χ2v) is 5.51. The number of carbonyl (C=O) groups excluding carboxylic acids is 2. The van der Waals surface area contributed by atoms with Gasteiger partial charge in [-0.15, -0.1) is 0 Å². The summed E-state index contributed by atoms with van der Waals surface area (Å²) in [6.45, 7) is 1.79. The number of ketones is 1. The lowest BCUT2D eigenvalue weighted by molar-refractivity contribution is -0.127. The van der Waals surface area contributed by atoms with Crippen LogP contribution < -0.4 is 5.32 Å². The Bertz CT molecular complexity index is 309. The van der Waals surface area contributed by atoms with Crippen molar-refractivity contribution in [3.05, 3.63) is 0 Å². The van der Waals surface area contributed by atoms with Gasteiger partial charge in [-0.3, -0.25) is 14.5 Å². The van der Waals surface area contributed by atoms with E-state index in [1.807, 2.05) is 0 Å². The molecule has 0 aromatic carbocycles. The molecule has 1 atom stereocenters. The molecule has 2 rings (SSSR count). The summed E-state index contributed by atoms with van der Waals surface area (Å²) in [5.41, 5.74) is 0. The molecule has 0 aromatic rings. The highest BCUT2D eigenvalue weighted by Gasteiger charge is 2.31. The van der Waals surface area contributed by atoms with Crippen LogP contribution >= 0.6 is 0 Å². The summed E-state index contributed by atoms with van der Waals surface area (Å²) in [5.74, 6) is 0.722. The number of Topliss-reactive ketones (excluding diaryl/α,β-unsaturated/α-hetero) is 1. The summed E-state index contributed by atoms with van der Waals surface area (Å²) in [7, 11) is 1.70. The third-order valence-corrected chi connectivity index (χ3v) is 4.36. The standard InChI is InChI=1S/C14H24N2O2/c1-15-14(18)11-7-9-16(10-8-11)12-5-3-2-4-6-13(12)17/h11-12H,2-10H2,1H3,(H,15,18). The molecule has 0 bridgehead atoms. The first kappa shape index (κ1) is 13.5. The molecule has 1 aliphatic carbocycles. The van der Waals surface area contributed by atoms with Crippen LogP contribution in [0.25, 0.3) is 0 Å². The average Bonchev–Trinajstić information content (AvgIpc) is 2.63. The smallest absolute Gasteiger partial charge is 0.222 e. The Hall–Kier alpha value is -0.900. The Kier molecular flexibility index (Phi) is 4.75. The van der Waals surface area contributed by atoms with Gasteiger partial charge in [0.2, 0.25) is 5.91 Å². The van der Waals surface area contributed by atoms with Gasteiger partial charge in [0.1, 0.15) is 5.78 Å². The molecule has 1 unspecified atom stereocenters. The maximum atomic E-state index is 12.1. The molecule has 1 amide bonds. The molecule has 0 radical (unpaired) electrons. The minimum atomic E-state index is 0.137. The summed E-state index contributed by atoms with van der Waals surface area (Å²) >= 11 is 0. The maximum absolute atomic E-state index is 12.1. The number of piperidine rings is 1. The van der Waals surface area contributed by atoms with Crippen molar-refractivity contribution in [2.45, 2.75) is 51.0 Å². The molecule has 0 spiro atoms. The van der Waals surface area contributed by atoms with E-state index in [1.165, 1.54) is 12.8 Å². The fourth-order valence-electron chi connectivity index (χ4n) is 3.20. The van der Waals surface area contributed by atoms with Crippen molar-refractivity contribution in [2.75, 3.05) is 20.1 Å². The van der Waals surface area contributed by atoms with E-state index in [-0.39, 0.29) is 17.9 Å². The Morgan fingerprint density at radius 1 is 1.17 bits per heavy atom. The summed E-state index contributed by atoms with van der Waals surface area (Å²) in [6.07, 6.45) is 6.98. The van der Waals surface area contributed by atoms with Crippen LogP contribution in [0.3, 0.4) is 0 Å². The molecule has 1 heterocycles. The lowest BCUT2D eigenvalue weighted by Gasteiger charge is -2.35. The van der Waals surface area contributed by atoms with E-state index < -0.39 is 0 Å². The van der Waals surface area contributed by atoms with Crippen LogP contribution in [0.2, 0.25) is 0 Å². The van der Waals surface area contributed by atoms with Crippen LogP contribution in [0.5, 0.6) is 0 Å². The quantitative estimate of drug-likeness (QED) is 0.755. The SMILES string of the molecule is CNC(=O)C1CCN(C2CCCCCC2=O)CC1. The Labute approximate surface area is 109 Å². The van der Waals surface area contributed by atoms with Gasteiger partial charge in [0.05, 0.1) is 6.04 Å². The van der Waals surface area contributed by atoms with Crippen LogP contribution in [0.1, 0.15) is 44.9 Å². The molecular formula is C14H24N2O2. The fraction of sp³-hybridized carbons (Fsp3) is 0.857. The van der Waals surface area contributed by atoms with Crippen molar-refractivity contribution in [1.29, 1.82) is 0 Å². The van der Waals surface area contributed by atoms with E-state index in [9.17, 15) is 9.59 Å². The third kappa shape index (κ3) is 3.10. The fourth-order valence-corrected chi connectivity index (χ4v) is 3.20. The highest BCUT2D eigenvalue weighted by molar-refractivity contribution is 5.84. The van der Waals surface area contributed by atoms with Crippen LogP contribution in [-0.4, -0.2) is 42.8 Å². The first-order valence-corrected chi connectivity index (χ1v) is 7.20. The first-order valence-electron chi connectivity index (χ1n) is 7.20. The van der Waals surface area contributed by atoms with E-state index in [0.717, 1.165) is 45.2 Å². The van der Waals surface area contributed by atoms with Crippen molar-refractivity contribution in [3.63, 3.8) is 0 Å². The molecule has 2 fully saturated rings. The number of rotatable bonds is 2. The van der Waals surface area contributed by atoms with E-state index in [1.54, 1.807) is 7.05 Å². The first-order chi connectivity index (χ1) is 8.72. The van der Waals surface area contributed by atoms with Gasteiger partial charge in [-0.05, 0) is 38.8 Å². The maximum Gasteiger partial charge on any atom is 0.222 e. The molecule has 18 heavy (non-hydrogen) atoms. The normalized spacial score (nSPS) is 27.8. The summed E-state index contributed by atoms with van der Waals surface area (Å²) in [6, 6.07) is 0.137. The summed E-state index contributed by atoms with van der Waals surface area (Å²) in [4.78, 5) is 25.9. The van der Waals surface area contributed by atoms with Crippen molar-refractivity contribution in [2.24, 2.45) is 5.92 Å². The number of hydrogen-bond donors (Lipinski definition) is 1. The predicted molar refractivity (Wildman–Crippen MR) is 70.2 cm³/mol. The molecule has 4 nitrogen and oxygen atoms in total. The number of amides is 1. The van der Waals surface area contributed by atoms with Crippen molar-refractivity contribution in [1.82, 2.24) is 10.2 Å². The van der Waals surface area contributed by atoms with E-state index in [4.69, 9.17) is 0 Å². The number of likely N-dealkylation sites (tertiary alicyclic amines) is 1. The van der Waals surface area contributed by atoms with Gasteiger partial charge >= 0.3 is 0 Å². The number of nitrogens with one attached hydrogen (secondary N) is 1. The zero-order valence-electron chi connectivity index (χ0n) is 11.3. The third-order valence-electron chi connectivity index (χ3n) is 4.36. The second-order valence-electron chi connectivity index (χ2n) is 5.51. The molecule has 102 valence electrons. The zero-order chi connectivity index (χ0) is 13.0. The molecule has 1 saturated heterocycles. The zero-order valence-corrected chi connectivity index (χ0v) is 11.3. The van der Waals surface area contributed by atoms with Gasteiger partial charge < -0.3 is 5.32 Å². The molecule has 4 heteroatoms. The minimum absolute atomic E-state index is 0.137. The Morgan fingerprint density at radius 3 is 2.56 bits per heavy atom. The van der Waals surface area contributed by atoms with Gasteiger partial charge in [-0.25, -0.2) is 0 Å². The largest absolute Gasteiger partial charge is 0.359 e. The van der Waals surface area contributed by atoms with Gasteiger partial charge in [0.15, 0.2) is 0 Å². The lowest BCUT2D eigenvalue weighted by atomic mass is 9.93. The predicted octanol–water partition coefficient (Wildman–Crippen LogP) is 1.35. The van der Waals surface area contributed by atoms with Gasteiger partial charge in [0, 0.05) is 19.4 Å². The van der Waals surface area contributed by atoms with E-state index in [0.29, 0.717) is 5.78 Å². The highest BCUT2D eigenvalue weighted by atomic mass is 16.1.